The van der Waals surface area contributed by atoms with Crippen LogP contribution in [0.25, 0.3) is 0 Å². The summed E-state index contributed by atoms with van der Waals surface area (Å²) >= 11 is 0. The van der Waals surface area contributed by atoms with Gasteiger partial charge in [0.15, 0.2) is 0 Å². The number of rotatable bonds is 5. The maximum absolute atomic E-state index is 12.6. The van der Waals surface area contributed by atoms with Crippen LogP contribution in [0.3, 0.4) is 0 Å². The van der Waals surface area contributed by atoms with E-state index >= 15 is 0 Å². The lowest BCUT2D eigenvalue weighted by molar-refractivity contribution is 0.102. The third-order valence-electron chi connectivity index (χ3n) is 4.48. The Morgan fingerprint density at radius 1 is 1.12 bits per heavy atom. The van der Waals surface area contributed by atoms with Crippen molar-refractivity contribution in [3.8, 4) is 5.75 Å². The predicted octanol–water partition coefficient (Wildman–Crippen LogP) is 4.12. The molecule has 2 aromatic carbocycles. The molecule has 134 valence electrons. The van der Waals surface area contributed by atoms with Crippen molar-refractivity contribution in [2.45, 2.75) is 27.3 Å². The van der Waals surface area contributed by atoms with Crippen LogP contribution in [-0.2, 0) is 6.54 Å². The van der Waals surface area contributed by atoms with Gasteiger partial charge in [0, 0.05) is 5.56 Å². The molecule has 26 heavy (non-hydrogen) atoms. The van der Waals surface area contributed by atoms with Gasteiger partial charge >= 0.3 is 0 Å². The van der Waals surface area contributed by atoms with Gasteiger partial charge in [-0.25, -0.2) is 0 Å². The minimum atomic E-state index is -0.116. The number of carbonyl (C=O) groups is 1. The van der Waals surface area contributed by atoms with Gasteiger partial charge in [0.2, 0.25) is 0 Å². The van der Waals surface area contributed by atoms with Gasteiger partial charge in [-0.05, 0) is 50.1 Å². The van der Waals surface area contributed by atoms with E-state index in [9.17, 15) is 4.79 Å². The van der Waals surface area contributed by atoms with Crippen molar-refractivity contribution in [2.75, 3.05) is 12.4 Å². The summed E-state index contributed by atoms with van der Waals surface area (Å²) in [6, 6.07) is 15.4. The van der Waals surface area contributed by atoms with Gasteiger partial charge in [-0.2, -0.15) is 5.10 Å². The summed E-state index contributed by atoms with van der Waals surface area (Å²) < 4.78 is 7.18. The zero-order valence-corrected chi connectivity index (χ0v) is 15.5. The first-order chi connectivity index (χ1) is 12.5. The molecule has 3 rings (SSSR count). The average Bonchev–Trinajstić information content (AvgIpc) is 2.89. The van der Waals surface area contributed by atoms with Gasteiger partial charge in [0.1, 0.15) is 5.75 Å². The molecular formula is C21H23N3O2. The molecule has 0 atom stereocenters. The van der Waals surface area contributed by atoms with Gasteiger partial charge in [-0.15, -0.1) is 0 Å². The fourth-order valence-corrected chi connectivity index (χ4v) is 2.98. The van der Waals surface area contributed by atoms with Crippen molar-refractivity contribution in [1.82, 2.24) is 9.78 Å². The lowest BCUT2D eigenvalue weighted by Gasteiger charge is -2.09. The highest BCUT2D eigenvalue weighted by molar-refractivity contribution is 6.05. The van der Waals surface area contributed by atoms with E-state index in [-0.39, 0.29) is 5.91 Å². The highest BCUT2D eigenvalue weighted by atomic mass is 16.5. The second kappa shape index (κ2) is 7.44. The van der Waals surface area contributed by atoms with E-state index in [0.717, 1.165) is 34.0 Å². The average molecular weight is 349 g/mol. The molecule has 0 bridgehead atoms. The quantitative estimate of drug-likeness (QED) is 0.754. The normalized spacial score (nSPS) is 10.6. The second-order valence-corrected chi connectivity index (χ2v) is 6.32. The van der Waals surface area contributed by atoms with E-state index in [1.807, 2.05) is 74.0 Å². The van der Waals surface area contributed by atoms with E-state index in [1.165, 1.54) is 0 Å². The van der Waals surface area contributed by atoms with Crippen LogP contribution >= 0.6 is 0 Å². The molecule has 1 aromatic heterocycles. The van der Waals surface area contributed by atoms with Crippen LogP contribution in [-0.4, -0.2) is 22.8 Å². The van der Waals surface area contributed by atoms with Crippen molar-refractivity contribution in [3.05, 3.63) is 76.6 Å². The number of carbonyl (C=O) groups excluding carboxylic acids is 1. The summed E-state index contributed by atoms with van der Waals surface area (Å²) in [6.45, 7) is 6.42. The molecular weight excluding hydrogens is 326 g/mol. The molecule has 1 amide bonds. The van der Waals surface area contributed by atoms with Crippen LogP contribution in [0.15, 0.2) is 48.5 Å². The number of hydrogen-bond acceptors (Lipinski definition) is 3. The first kappa shape index (κ1) is 17.7. The number of anilines is 1. The van der Waals surface area contributed by atoms with Crippen LogP contribution in [0, 0.1) is 20.8 Å². The highest BCUT2D eigenvalue weighted by Gasteiger charge is 2.16. The van der Waals surface area contributed by atoms with Crippen LogP contribution in [0.5, 0.6) is 5.75 Å². The summed E-state index contributed by atoms with van der Waals surface area (Å²) in [5.74, 6) is 0.701. The molecule has 5 nitrogen and oxygen atoms in total. The fourth-order valence-electron chi connectivity index (χ4n) is 2.98. The number of nitrogens with zero attached hydrogens (tertiary/aromatic N) is 2. The van der Waals surface area contributed by atoms with Crippen LogP contribution in [0.4, 0.5) is 5.69 Å². The van der Waals surface area contributed by atoms with E-state index in [1.54, 1.807) is 7.11 Å². The molecule has 0 radical (unpaired) electrons. The van der Waals surface area contributed by atoms with Crippen molar-refractivity contribution in [1.29, 1.82) is 0 Å². The number of amides is 1. The summed E-state index contributed by atoms with van der Waals surface area (Å²) in [5, 5.41) is 7.61. The summed E-state index contributed by atoms with van der Waals surface area (Å²) in [7, 11) is 1.65. The number of ether oxygens (including phenoxy) is 1. The molecule has 0 saturated heterocycles. The Balaban J connectivity index is 1.84. The molecule has 0 aliphatic carbocycles. The molecule has 1 heterocycles. The smallest absolute Gasteiger partial charge is 0.256 e. The van der Waals surface area contributed by atoms with Crippen molar-refractivity contribution in [3.63, 3.8) is 0 Å². The second-order valence-electron chi connectivity index (χ2n) is 6.32. The summed E-state index contributed by atoms with van der Waals surface area (Å²) in [4.78, 5) is 12.6. The molecule has 0 aliphatic rings. The highest BCUT2D eigenvalue weighted by Crippen LogP contribution is 2.22. The summed E-state index contributed by atoms with van der Waals surface area (Å²) in [6.07, 6.45) is 0. The topological polar surface area (TPSA) is 56.1 Å². The number of nitrogens with one attached hydrogen (secondary N) is 1. The first-order valence-corrected chi connectivity index (χ1v) is 8.53. The number of aromatic nitrogens is 2. The van der Waals surface area contributed by atoms with Crippen molar-refractivity contribution < 1.29 is 9.53 Å². The fraction of sp³-hybridized carbons (Fsp3) is 0.238. The van der Waals surface area contributed by atoms with Gasteiger partial charge < -0.3 is 10.1 Å². The van der Waals surface area contributed by atoms with Crippen molar-refractivity contribution >= 4 is 11.6 Å². The molecule has 0 fully saturated rings. The largest absolute Gasteiger partial charge is 0.497 e. The Morgan fingerprint density at radius 2 is 1.88 bits per heavy atom. The SMILES string of the molecule is COc1cccc(Cn2nc(C)c(NC(=O)c3ccccc3C)c2C)c1. The van der Waals surface area contributed by atoms with Gasteiger partial charge in [0.05, 0.1) is 30.7 Å². The number of benzene rings is 2. The first-order valence-electron chi connectivity index (χ1n) is 8.53. The van der Waals surface area contributed by atoms with E-state index in [2.05, 4.69) is 10.4 Å². The molecule has 0 spiro atoms. The molecule has 1 N–H and O–H groups in total. The molecule has 0 saturated carbocycles. The molecule has 0 unspecified atom stereocenters. The van der Waals surface area contributed by atoms with Gasteiger partial charge in [-0.3, -0.25) is 9.48 Å². The zero-order chi connectivity index (χ0) is 18.7. The van der Waals surface area contributed by atoms with Crippen molar-refractivity contribution in [2.24, 2.45) is 0 Å². The molecule has 3 aromatic rings. The van der Waals surface area contributed by atoms with E-state index < -0.39 is 0 Å². The Bertz CT molecular complexity index is 944. The van der Waals surface area contributed by atoms with Gasteiger partial charge in [0.25, 0.3) is 5.91 Å². The Morgan fingerprint density at radius 3 is 2.62 bits per heavy atom. The zero-order valence-electron chi connectivity index (χ0n) is 15.5. The third-order valence-corrected chi connectivity index (χ3v) is 4.48. The monoisotopic (exact) mass is 349 g/mol. The van der Waals surface area contributed by atoms with E-state index in [0.29, 0.717) is 12.1 Å². The Kier molecular flexibility index (Phi) is 5.07. The maximum atomic E-state index is 12.6. The van der Waals surface area contributed by atoms with Crippen LogP contribution in [0.1, 0.15) is 32.9 Å². The Labute approximate surface area is 153 Å². The predicted molar refractivity (Wildman–Crippen MR) is 103 cm³/mol. The minimum absolute atomic E-state index is 0.116. The number of aryl methyl sites for hydroxylation is 2. The molecule has 0 aliphatic heterocycles. The third kappa shape index (κ3) is 3.61. The lowest BCUT2D eigenvalue weighted by Crippen LogP contribution is -2.14. The number of hydrogen-bond donors (Lipinski definition) is 1. The lowest BCUT2D eigenvalue weighted by atomic mass is 10.1. The Hall–Kier alpha value is -3.08. The standard InChI is InChI=1S/C21H23N3O2/c1-14-8-5-6-11-19(14)21(25)22-20-15(2)23-24(16(20)3)13-17-9-7-10-18(12-17)26-4/h5-12H,13H2,1-4H3,(H,22,25). The number of methoxy groups -OCH3 is 1. The van der Waals surface area contributed by atoms with Gasteiger partial charge in [-0.1, -0.05) is 30.3 Å². The van der Waals surface area contributed by atoms with E-state index in [4.69, 9.17) is 4.74 Å². The van der Waals surface area contributed by atoms with Crippen LogP contribution < -0.4 is 10.1 Å². The van der Waals surface area contributed by atoms with Crippen LogP contribution in [0.2, 0.25) is 0 Å². The molecule has 5 heteroatoms. The minimum Gasteiger partial charge on any atom is -0.497 e. The maximum Gasteiger partial charge on any atom is 0.256 e. The summed E-state index contributed by atoms with van der Waals surface area (Å²) in [5.41, 5.74) is 5.20.